The van der Waals surface area contributed by atoms with Crippen LogP contribution in [0.1, 0.15) is 12.8 Å². The highest BCUT2D eigenvalue weighted by molar-refractivity contribution is 5.54. The van der Waals surface area contributed by atoms with Crippen molar-refractivity contribution in [2.24, 2.45) is 5.92 Å². The van der Waals surface area contributed by atoms with Crippen molar-refractivity contribution in [2.45, 2.75) is 19.5 Å². The van der Waals surface area contributed by atoms with Crippen LogP contribution in [-0.4, -0.2) is 33.4 Å². The first-order chi connectivity index (χ1) is 9.69. The summed E-state index contributed by atoms with van der Waals surface area (Å²) < 4.78 is 34.1. The summed E-state index contributed by atoms with van der Waals surface area (Å²) in [4.78, 5) is 0. The smallest absolute Gasteiger partial charge is 0.387 e. The topological polar surface area (TPSA) is 42.5 Å². The van der Waals surface area contributed by atoms with E-state index in [1.54, 1.807) is 18.2 Å². The SMILES string of the molecule is COc1ccc(NCC2CCCNC2)cc1OC(F)F. The van der Waals surface area contributed by atoms with Crippen LogP contribution in [0.25, 0.3) is 0 Å². The summed E-state index contributed by atoms with van der Waals surface area (Å²) >= 11 is 0. The van der Waals surface area contributed by atoms with Crippen LogP contribution in [-0.2, 0) is 0 Å². The van der Waals surface area contributed by atoms with E-state index in [1.165, 1.54) is 20.0 Å². The number of benzene rings is 1. The number of nitrogens with one attached hydrogen (secondary N) is 2. The third-order valence-corrected chi connectivity index (χ3v) is 3.37. The predicted octanol–water partition coefficient (Wildman–Crippen LogP) is 2.71. The monoisotopic (exact) mass is 286 g/mol. The molecule has 0 aliphatic carbocycles. The molecule has 1 fully saturated rings. The molecule has 0 bridgehead atoms. The number of methoxy groups -OCH3 is 1. The molecule has 1 aromatic rings. The summed E-state index contributed by atoms with van der Waals surface area (Å²) in [6, 6.07) is 4.97. The molecule has 1 heterocycles. The van der Waals surface area contributed by atoms with E-state index in [2.05, 4.69) is 15.4 Å². The molecule has 2 N–H and O–H groups in total. The molecule has 0 radical (unpaired) electrons. The van der Waals surface area contributed by atoms with Crippen molar-refractivity contribution in [3.8, 4) is 11.5 Å². The largest absolute Gasteiger partial charge is 0.493 e. The molecule has 1 atom stereocenters. The van der Waals surface area contributed by atoms with Crippen LogP contribution in [0, 0.1) is 5.92 Å². The number of alkyl halides is 2. The molecule has 1 aliphatic rings. The summed E-state index contributed by atoms with van der Waals surface area (Å²) in [5, 5.41) is 6.60. The van der Waals surface area contributed by atoms with Gasteiger partial charge >= 0.3 is 6.61 Å². The standard InChI is InChI=1S/C14H20F2N2O2/c1-19-12-5-4-11(7-13(12)20-14(15)16)18-9-10-3-2-6-17-8-10/h4-5,7,10,14,17-18H,2-3,6,8-9H2,1H3. The third kappa shape index (κ3) is 4.23. The summed E-state index contributed by atoms with van der Waals surface area (Å²) in [6.07, 6.45) is 2.35. The van der Waals surface area contributed by atoms with Crippen LogP contribution in [0.15, 0.2) is 18.2 Å². The highest BCUT2D eigenvalue weighted by Gasteiger charge is 2.14. The van der Waals surface area contributed by atoms with Gasteiger partial charge in [-0.2, -0.15) is 8.78 Å². The maximum absolute atomic E-state index is 12.3. The molecule has 1 saturated heterocycles. The van der Waals surface area contributed by atoms with Gasteiger partial charge in [0.2, 0.25) is 0 Å². The summed E-state index contributed by atoms with van der Waals surface area (Å²) in [5.74, 6) is 0.912. The number of hydrogen-bond donors (Lipinski definition) is 2. The Bertz CT molecular complexity index is 424. The zero-order valence-corrected chi connectivity index (χ0v) is 11.5. The number of ether oxygens (including phenoxy) is 2. The van der Waals surface area contributed by atoms with E-state index in [-0.39, 0.29) is 5.75 Å². The van der Waals surface area contributed by atoms with E-state index in [0.29, 0.717) is 11.7 Å². The maximum atomic E-state index is 12.3. The van der Waals surface area contributed by atoms with Crippen molar-refractivity contribution in [3.05, 3.63) is 18.2 Å². The van der Waals surface area contributed by atoms with E-state index >= 15 is 0 Å². The Balaban J connectivity index is 1.96. The van der Waals surface area contributed by atoms with Crippen LogP contribution in [0.2, 0.25) is 0 Å². The van der Waals surface area contributed by atoms with Gasteiger partial charge in [0.15, 0.2) is 11.5 Å². The van der Waals surface area contributed by atoms with Crippen LogP contribution in [0.3, 0.4) is 0 Å². The third-order valence-electron chi connectivity index (χ3n) is 3.37. The molecule has 20 heavy (non-hydrogen) atoms. The normalized spacial score (nSPS) is 18.9. The first-order valence-electron chi connectivity index (χ1n) is 6.76. The summed E-state index contributed by atoms with van der Waals surface area (Å²) in [7, 11) is 1.43. The van der Waals surface area contributed by atoms with E-state index in [9.17, 15) is 8.78 Å². The fraction of sp³-hybridized carbons (Fsp3) is 0.571. The lowest BCUT2D eigenvalue weighted by Gasteiger charge is -2.23. The highest BCUT2D eigenvalue weighted by atomic mass is 19.3. The number of hydrogen-bond acceptors (Lipinski definition) is 4. The lowest BCUT2D eigenvalue weighted by molar-refractivity contribution is -0.0511. The Morgan fingerprint density at radius 1 is 1.40 bits per heavy atom. The van der Waals surface area contributed by atoms with E-state index in [4.69, 9.17) is 4.74 Å². The summed E-state index contributed by atoms with van der Waals surface area (Å²) in [5.41, 5.74) is 0.757. The van der Waals surface area contributed by atoms with E-state index < -0.39 is 6.61 Å². The average molecular weight is 286 g/mol. The van der Waals surface area contributed by atoms with Crippen molar-refractivity contribution < 1.29 is 18.3 Å². The molecule has 0 saturated carbocycles. The minimum Gasteiger partial charge on any atom is -0.493 e. The van der Waals surface area contributed by atoms with Crippen molar-refractivity contribution >= 4 is 5.69 Å². The first-order valence-corrected chi connectivity index (χ1v) is 6.76. The van der Waals surface area contributed by atoms with Gasteiger partial charge in [0.25, 0.3) is 0 Å². The molecule has 1 unspecified atom stereocenters. The van der Waals surface area contributed by atoms with Gasteiger partial charge in [0.1, 0.15) is 0 Å². The van der Waals surface area contributed by atoms with Crippen LogP contribution in [0.4, 0.5) is 14.5 Å². The second-order valence-corrected chi connectivity index (χ2v) is 4.84. The van der Waals surface area contributed by atoms with Crippen molar-refractivity contribution in [2.75, 3.05) is 32.1 Å². The fourth-order valence-corrected chi connectivity index (χ4v) is 2.34. The Hall–Kier alpha value is -1.56. The van der Waals surface area contributed by atoms with Gasteiger partial charge in [-0.05, 0) is 44.0 Å². The number of anilines is 1. The Morgan fingerprint density at radius 3 is 2.90 bits per heavy atom. The highest BCUT2D eigenvalue weighted by Crippen LogP contribution is 2.31. The minimum atomic E-state index is -2.86. The molecule has 1 aromatic carbocycles. The predicted molar refractivity (Wildman–Crippen MR) is 73.7 cm³/mol. The zero-order chi connectivity index (χ0) is 14.4. The van der Waals surface area contributed by atoms with Crippen molar-refractivity contribution in [3.63, 3.8) is 0 Å². The molecule has 0 spiro atoms. The zero-order valence-electron chi connectivity index (χ0n) is 11.5. The first kappa shape index (κ1) is 14.8. The molecular weight excluding hydrogens is 266 g/mol. The molecule has 112 valence electrons. The number of halogens is 2. The lowest BCUT2D eigenvalue weighted by Crippen LogP contribution is -2.33. The molecule has 0 aromatic heterocycles. The summed E-state index contributed by atoms with van der Waals surface area (Å²) in [6.45, 7) is 0.0178. The second kappa shape index (κ2) is 7.28. The maximum Gasteiger partial charge on any atom is 0.387 e. The van der Waals surface area contributed by atoms with Gasteiger partial charge < -0.3 is 20.1 Å². The van der Waals surface area contributed by atoms with Crippen molar-refractivity contribution in [1.82, 2.24) is 5.32 Å². The molecule has 1 aliphatic heterocycles. The van der Waals surface area contributed by atoms with Gasteiger partial charge in [-0.25, -0.2) is 0 Å². The van der Waals surface area contributed by atoms with Gasteiger partial charge in [-0.15, -0.1) is 0 Å². The lowest BCUT2D eigenvalue weighted by atomic mass is 10.00. The average Bonchev–Trinajstić information content (AvgIpc) is 2.46. The fourth-order valence-electron chi connectivity index (χ4n) is 2.34. The van der Waals surface area contributed by atoms with Gasteiger partial charge in [-0.3, -0.25) is 0 Å². The number of piperidine rings is 1. The molecule has 4 nitrogen and oxygen atoms in total. The quantitative estimate of drug-likeness (QED) is 0.844. The van der Waals surface area contributed by atoms with Gasteiger partial charge in [0, 0.05) is 18.3 Å². The Kier molecular flexibility index (Phi) is 5.40. The molecule has 2 rings (SSSR count). The van der Waals surface area contributed by atoms with Gasteiger partial charge in [0.05, 0.1) is 7.11 Å². The molecule has 6 heteroatoms. The van der Waals surface area contributed by atoms with Gasteiger partial charge in [-0.1, -0.05) is 0 Å². The van der Waals surface area contributed by atoms with Crippen LogP contribution in [0.5, 0.6) is 11.5 Å². The van der Waals surface area contributed by atoms with E-state index in [0.717, 1.165) is 25.3 Å². The minimum absolute atomic E-state index is 0.0502. The Morgan fingerprint density at radius 2 is 2.25 bits per heavy atom. The molecular formula is C14H20F2N2O2. The second-order valence-electron chi connectivity index (χ2n) is 4.84. The Labute approximate surface area is 117 Å². The van der Waals surface area contributed by atoms with E-state index in [1.807, 2.05) is 0 Å². The van der Waals surface area contributed by atoms with Crippen LogP contribution < -0.4 is 20.1 Å². The number of rotatable bonds is 6. The molecule has 0 amide bonds. The van der Waals surface area contributed by atoms with Crippen molar-refractivity contribution in [1.29, 1.82) is 0 Å². The van der Waals surface area contributed by atoms with Crippen LogP contribution >= 0.6 is 0 Å².